The zero-order valence-electron chi connectivity index (χ0n) is 12.0. The summed E-state index contributed by atoms with van der Waals surface area (Å²) >= 11 is 0. The molecule has 1 heterocycles. The molecule has 0 amide bonds. The first-order chi connectivity index (χ1) is 9.38. The van der Waals surface area contributed by atoms with Crippen molar-refractivity contribution in [2.45, 2.75) is 20.3 Å². The standard InChI is InChI=1S/C15H17NO4/c1-8-5-6-11(20-4)14-13(8)9(2)10(7-12(17)18)15(19)16(14)3/h5-6H,7H2,1-4H3,(H,17,18). The lowest BCUT2D eigenvalue weighted by atomic mass is 9.98. The van der Waals surface area contributed by atoms with Crippen LogP contribution in [0.25, 0.3) is 10.9 Å². The van der Waals surface area contributed by atoms with Crippen molar-refractivity contribution in [1.29, 1.82) is 0 Å². The van der Waals surface area contributed by atoms with E-state index in [1.807, 2.05) is 19.1 Å². The number of nitrogens with zero attached hydrogens (tertiary/aromatic N) is 1. The number of aliphatic carboxylic acids is 1. The summed E-state index contributed by atoms with van der Waals surface area (Å²) < 4.78 is 6.78. The number of benzene rings is 1. The lowest BCUT2D eigenvalue weighted by Gasteiger charge is -2.16. The smallest absolute Gasteiger partial charge is 0.308 e. The number of hydrogen-bond acceptors (Lipinski definition) is 3. The number of aryl methyl sites for hydroxylation is 3. The van der Waals surface area contributed by atoms with Gasteiger partial charge in [0.15, 0.2) is 0 Å². The van der Waals surface area contributed by atoms with E-state index in [0.717, 1.165) is 10.9 Å². The van der Waals surface area contributed by atoms with Gasteiger partial charge in [-0.25, -0.2) is 0 Å². The molecule has 0 fully saturated rings. The number of pyridine rings is 1. The van der Waals surface area contributed by atoms with Crippen molar-refractivity contribution in [3.8, 4) is 5.75 Å². The summed E-state index contributed by atoms with van der Waals surface area (Å²) in [4.78, 5) is 23.3. The average molecular weight is 275 g/mol. The van der Waals surface area contributed by atoms with Gasteiger partial charge in [-0.2, -0.15) is 0 Å². The average Bonchev–Trinajstić information content (AvgIpc) is 2.40. The summed E-state index contributed by atoms with van der Waals surface area (Å²) in [6.07, 6.45) is -0.273. The van der Waals surface area contributed by atoms with E-state index >= 15 is 0 Å². The molecule has 0 aliphatic rings. The fourth-order valence-electron chi connectivity index (χ4n) is 2.62. The largest absolute Gasteiger partial charge is 0.495 e. The zero-order valence-corrected chi connectivity index (χ0v) is 12.0. The molecule has 0 radical (unpaired) electrons. The zero-order chi connectivity index (χ0) is 15.0. The van der Waals surface area contributed by atoms with Gasteiger partial charge in [-0.15, -0.1) is 0 Å². The van der Waals surface area contributed by atoms with Crippen molar-refractivity contribution in [2.75, 3.05) is 7.11 Å². The highest BCUT2D eigenvalue weighted by atomic mass is 16.5. The second-order valence-corrected chi connectivity index (χ2v) is 4.85. The molecular weight excluding hydrogens is 258 g/mol. The monoisotopic (exact) mass is 275 g/mol. The summed E-state index contributed by atoms with van der Waals surface area (Å²) in [7, 11) is 3.19. The Morgan fingerprint density at radius 3 is 2.55 bits per heavy atom. The lowest BCUT2D eigenvalue weighted by Crippen LogP contribution is -2.25. The Morgan fingerprint density at radius 1 is 1.35 bits per heavy atom. The minimum atomic E-state index is -1.01. The third-order valence-corrected chi connectivity index (χ3v) is 3.62. The predicted molar refractivity (Wildman–Crippen MR) is 76.6 cm³/mol. The lowest BCUT2D eigenvalue weighted by molar-refractivity contribution is -0.136. The molecule has 1 N–H and O–H groups in total. The maximum Gasteiger partial charge on any atom is 0.308 e. The molecule has 2 rings (SSSR count). The van der Waals surface area contributed by atoms with Crippen LogP contribution < -0.4 is 10.3 Å². The Kier molecular flexibility index (Phi) is 3.53. The van der Waals surface area contributed by atoms with Crippen LogP contribution in [0.5, 0.6) is 5.75 Å². The van der Waals surface area contributed by atoms with Crippen LogP contribution in [0.3, 0.4) is 0 Å². The summed E-state index contributed by atoms with van der Waals surface area (Å²) in [6, 6.07) is 3.72. The van der Waals surface area contributed by atoms with Gasteiger partial charge >= 0.3 is 5.97 Å². The number of methoxy groups -OCH3 is 1. The van der Waals surface area contributed by atoms with E-state index in [2.05, 4.69) is 0 Å². The molecular formula is C15H17NO4. The molecule has 1 aromatic heterocycles. The van der Waals surface area contributed by atoms with Crippen molar-refractivity contribution in [2.24, 2.45) is 7.05 Å². The van der Waals surface area contributed by atoms with Gasteiger partial charge in [0, 0.05) is 18.0 Å². The number of carbonyl (C=O) groups is 1. The van der Waals surface area contributed by atoms with Crippen LogP contribution in [0.4, 0.5) is 0 Å². The van der Waals surface area contributed by atoms with Crippen molar-refractivity contribution in [1.82, 2.24) is 4.57 Å². The summed E-state index contributed by atoms with van der Waals surface area (Å²) in [5.41, 5.74) is 2.43. The number of hydrogen-bond donors (Lipinski definition) is 1. The Hall–Kier alpha value is -2.30. The normalized spacial score (nSPS) is 10.8. The summed E-state index contributed by atoms with van der Waals surface area (Å²) in [5, 5.41) is 9.85. The molecule has 1 aromatic carbocycles. The third kappa shape index (κ3) is 2.05. The fraction of sp³-hybridized carbons (Fsp3) is 0.333. The van der Waals surface area contributed by atoms with Gasteiger partial charge in [-0.05, 0) is 31.0 Å². The highest BCUT2D eigenvalue weighted by Crippen LogP contribution is 2.30. The molecule has 0 bridgehead atoms. The maximum atomic E-state index is 12.4. The van der Waals surface area contributed by atoms with Crippen molar-refractivity contribution in [3.05, 3.63) is 39.2 Å². The number of rotatable bonds is 3. The minimum Gasteiger partial charge on any atom is -0.495 e. The highest BCUT2D eigenvalue weighted by molar-refractivity contribution is 5.92. The first-order valence-electron chi connectivity index (χ1n) is 6.26. The first-order valence-corrected chi connectivity index (χ1v) is 6.26. The second-order valence-electron chi connectivity index (χ2n) is 4.85. The number of ether oxygens (including phenoxy) is 1. The molecule has 0 saturated heterocycles. The number of carboxylic acid groups (broad SMARTS) is 1. The predicted octanol–water partition coefficient (Wildman–Crippen LogP) is 1.79. The quantitative estimate of drug-likeness (QED) is 0.927. The van der Waals surface area contributed by atoms with E-state index in [1.165, 1.54) is 4.57 Å². The Labute approximate surface area is 116 Å². The molecule has 2 aromatic rings. The van der Waals surface area contributed by atoms with Gasteiger partial charge in [0.25, 0.3) is 5.56 Å². The molecule has 0 aliphatic heterocycles. The minimum absolute atomic E-state index is 0.273. The molecule has 0 atom stereocenters. The van der Waals surface area contributed by atoms with Crippen LogP contribution in [0.15, 0.2) is 16.9 Å². The van der Waals surface area contributed by atoms with E-state index in [0.29, 0.717) is 22.4 Å². The maximum absolute atomic E-state index is 12.4. The Morgan fingerprint density at radius 2 is 2.00 bits per heavy atom. The third-order valence-electron chi connectivity index (χ3n) is 3.62. The second kappa shape index (κ2) is 5.00. The fourth-order valence-corrected chi connectivity index (χ4v) is 2.62. The molecule has 5 nitrogen and oxygen atoms in total. The molecule has 20 heavy (non-hydrogen) atoms. The molecule has 0 spiro atoms. The number of carboxylic acids is 1. The van der Waals surface area contributed by atoms with Crippen LogP contribution in [-0.4, -0.2) is 22.8 Å². The highest BCUT2D eigenvalue weighted by Gasteiger charge is 2.18. The van der Waals surface area contributed by atoms with Gasteiger partial charge in [0.05, 0.1) is 19.0 Å². The van der Waals surface area contributed by atoms with Crippen molar-refractivity contribution >= 4 is 16.9 Å². The topological polar surface area (TPSA) is 68.5 Å². The summed E-state index contributed by atoms with van der Waals surface area (Å²) in [5.74, 6) is -0.403. The van der Waals surface area contributed by atoms with E-state index in [9.17, 15) is 9.59 Å². The van der Waals surface area contributed by atoms with E-state index in [-0.39, 0.29) is 12.0 Å². The van der Waals surface area contributed by atoms with Gasteiger partial charge in [-0.3, -0.25) is 9.59 Å². The Bertz CT molecular complexity index is 759. The van der Waals surface area contributed by atoms with Gasteiger partial charge < -0.3 is 14.4 Å². The van der Waals surface area contributed by atoms with E-state index < -0.39 is 5.97 Å². The molecule has 106 valence electrons. The van der Waals surface area contributed by atoms with Crippen LogP contribution in [-0.2, 0) is 18.3 Å². The SMILES string of the molecule is COc1ccc(C)c2c(C)c(CC(=O)O)c(=O)n(C)c12. The van der Waals surface area contributed by atoms with E-state index in [1.54, 1.807) is 21.1 Å². The van der Waals surface area contributed by atoms with Crippen LogP contribution in [0.2, 0.25) is 0 Å². The van der Waals surface area contributed by atoms with Gasteiger partial charge in [-0.1, -0.05) is 6.07 Å². The molecule has 0 unspecified atom stereocenters. The van der Waals surface area contributed by atoms with Gasteiger partial charge in [0.1, 0.15) is 5.75 Å². The first kappa shape index (κ1) is 14.1. The molecule has 5 heteroatoms. The van der Waals surface area contributed by atoms with Gasteiger partial charge in [0.2, 0.25) is 0 Å². The van der Waals surface area contributed by atoms with Crippen LogP contribution in [0, 0.1) is 13.8 Å². The van der Waals surface area contributed by atoms with Crippen molar-refractivity contribution < 1.29 is 14.6 Å². The Balaban J connectivity index is 2.99. The molecule has 0 aliphatic carbocycles. The molecule has 0 saturated carbocycles. The van der Waals surface area contributed by atoms with Crippen LogP contribution >= 0.6 is 0 Å². The number of aromatic nitrogens is 1. The number of fused-ring (bicyclic) bond motifs is 1. The van der Waals surface area contributed by atoms with E-state index in [4.69, 9.17) is 9.84 Å². The summed E-state index contributed by atoms with van der Waals surface area (Å²) in [6.45, 7) is 3.72. The van der Waals surface area contributed by atoms with Crippen molar-refractivity contribution in [3.63, 3.8) is 0 Å². The van der Waals surface area contributed by atoms with Crippen LogP contribution in [0.1, 0.15) is 16.7 Å².